The monoisotopic (exact) mass is 339 g/mol. The molecule has 0 spiro atoms. The Morgan fingerprint density at radius 2 is 1.60 bits per heavy atom. The number of imide groups is 1. The van der Waals surface area contributed by atoms with Gasteiger partial charge in [-0.1, -0.05) is 12.1 Å². The van der Waals surface area contributed by atoms with Gasteiger partial charge in [0.25, 0.3) is 11.8 Å². The predicted octanol–water partition coefficient (Wildman–Crippen LogP) is 1.93. The van der Waals surface area contributed by atoms with Crippen molar-refractivity contribution >= 4 is 17.6 Å². The van der Waals surface area contributed by atoms with Gasteiger partial charge < -0.3 is 9.84 Å². The number of Topliss-reactive ketones (excluding diaryl/α,β-unsaturated/α-hetero) is 1. The lowest BCUT2D eigenvalue weighted by Crippen LogP contribution is -2.39. The summed E-state index contributed by atoms with van der Waals surface area (Å²) < 4.78 is 5.45. The number of hydrogen-bond donors (Lipinski definition) is 1. The normalized spacial score (nSPS) is 14.4. The third-order valence-electron chi connectivity index (χ3n) is 3.97. The average Bonchev–Trinajstić information content (AvgIpc) is 2.86. The number of aliphatic hydroxyl groups excluding tert-OH is 1. The van der Waals surface area contributed by atoms with Crippen LogP contribution in [-0.2, 0) is 0 Å². The molecule has 1 aliphatic rings. The molecular weight excluding hydrogens is 322 g/mol. The summed E-state index contributed by atoms with van der Waals surface area (Å²) in [5.74, 6) is -0.375. The fourth-order valence-corrected chi connectivity index (χ4v) is 2.65. The number of carbonyl (C=O) groups excluding carboxylic acids is 3. The average molecular weight is 339 g/mol. The van der Waals surface area contributed by atoms with E-state index in [2.05, 4.69) is 0 Å². The summed E-state index contributed by atoms with van der Waals surface area (Å²) in [7, 11) is 0. The van der Waals surface area contributed by atoms with Crippen LogP contribution in [-0.4, -0.2) is 46.9 Å². The molecule has 1 heterocycles. The first-order chi connectivity index (χ1) is 12.0. The Bertz CT molecular complexity index is 793. The molecule has 6 nitrogen and oxygen atoms in total. The molecule has 0 radical (unpaired) electrons. The van der Waals surface area contributed by atoms with Gasteiger partial charge in [0.05, 0.1) is 17.7 Å². The Labute approximate surface area is 144 Å². The molecule has 1 aliphatic heterocycles. The number of ether oxygens (including phenoxy) is 1. The van der Waals surface area contributed by atoms with Crippen LogP contribution in [0.5, 0.6) is 5.75 Å². The molecule has 0 saturated carbocycles. The van der Waals surface area contributed by atoms with Crippen molar-refractivity contribution in [1.29, 1.82) is 0 Å². The van der Waals surface area contributed by atoms with Crippen LogP contribution in [0.25, 0.3) is 0 Å². The standard InChI is InChI=1S/C19H17NO5/c1-12(21)13-6-8-15(9-7-13)25-11-14(22)10-20-18(23)16-4-2-3-5-17(16)19(20)24/h2-9,14,22H,10-11H2,1H3/t14-/m0/s1. The molecule has 2 aromatic carbocycles. The maximum atomic E-state index is 12.2. The molecule has 0 aromatic heterocycles. The van der Waals surface area contributed by atoms with E-state index in [9.17, 15) is 19.5 Å². The summed E-state index contributed by atoms with van der Waals surface area (Å²) >= 11 is 0. The second-order valence-corrected chi connectivity index (χ2v) is 5.81. The van der Waals surface area contributed by atoms with Crippen molar-refractivity contribution in [3.63, 3.8) is 0 Å². The number of carbonyl (C=O) groups is 3. The van der Waals surface area contributed by atoms with E-state index < -0.39 is 17.9 Å². The minimum absolute atomic E-state index is 0.0443. The summed E-state index contributed by atoms with van der Waals surface area (Å²) in [6.07, 6.45) is -1.02. The van der Waals surface area contributed by atoms with Crippen molar-refractivity contribution in [2.75, 3.05) is 13.2 Å². The summed E-state index contributed by atoms with van der Waals surface area (Å²) in [5.41, 5.74) is 1.26. The van der Waals surface area contributed by atoms with Crippen LogP contribution in [0.1, 0.15) is 38.0 Å². The number of nitrogens with zero attached hydrogens (tertiary/aromatic N) is 1. The summed E-state index contributed by atoms with van der Waals surface area (Å²) in [4.78, 5) is 36.7. The summed E-state index contributed by atoms with van der Waals surface area (Å²) in [5, 5.41) is 10.1. The zero-order valence-electron chi connectivity index (χ0n) is 13.6. The van der Waals surface area contributed by atoms with Gasteiger partial charge in [-0.15, -0.1) is 0 Å². The maximum absolute atomic E-state index is 12.2. The van der Waals surface area contributed by atoms with E-state index >= 15 is 0 Å². The smallest absolute Gasteiger partial charge is 0.261 e. The van der Waals surface area contributed by atoms with Crippen molar-refractivity contribution in [3.8, 4) is 5.75 Å². The highest BCUT2D eigenvalue weighted by molar-refractivity contribution is 6.21. The number of amides is 2. The van der Waals surface area contributed by atoms with Crippen molar-refractivity contribution in [2.45, 2.75) is 13.0 Å². The van der Waals surface area contributed by atoms with E-state index in [1.165, 1.54) is 6.92 Å². The number of benzene rings is 2. The number of β-amino-alcohol motifs (C(OH)–C–C–N with tert-alkyl or cyclic N) is 1. The Hall–Kier alpha value is -2.99. The molecule has 2 amide bonds. The van der Waals surface area contributed by atoms with Crippen LogP contribution >= 0.6 is 0 Å². The van der Waals surface area contributed by atoms with Crippen LogP contribution in [0.3, 0.4) is 0 Å². The van der Waals surface area contributed by atoms with Crippen LogP contribution in [0, 0.1) is 0 Å². The van der Waals surface area contributed by atoms with E-state index in [1.54, 1.807) is 48.5 Å². The summed E-state index contributed by atoms with van der Waals surface area (Å²) in [6.45, 7) is 1.26. The maximum Gasteiger partial charge on any atom is 0.261 e. The largest absolute Gasteiger partial charge is 0.491 e. The van der Waals surface area contributed by atoms with Crippen molar-refractivity contribution in [3.05, 3.63) is 65.2 Å². The molecule has 1 N–H and O–H groups in total. The van der Waals surface area contributed by atoms with Gasteiger partial charge in [-0.05, 0) is 43.3 Å². The Kier molecular flexibility index (Phi) is 4.63. The van der Waals surface area contributed by atoms with Gasteiger partial charge in [-0.25, -0.2) is 0 Å². The fourth-order valence-electron chi connectivity index (χ4n) is 2.65. The van der Waals surface area contributed by atoms with Gasteiger partial charge >= 0.3 is 0 Å². The molecule has 0 fully saturated rings. The minimum Gasteiger partial charge on any atom is -0.491 e. The van der Waals surface area contributed by atoms with Gasteiger partial charge in [-0.3, -0.25) is 19.3 Å². The van der Waals surface area contributed by atoms with E-state index in [1.807, 2.05) is 0 Å². The quantitative estimate of drug-likeness (QED) is 0.642. The van der Waals surface area contributed by atoms with E-state index in [0.29, 0.717) is 22.4 Å². The zero-order valence-corrected chi connectivity index (χ0v) is 13.6. The Morgan fingerprint density at radius 1 is 1.04 bits per heavy atom. The number of hydrogen-bond acceptors (Lipinski definition) is 5. The van der Waals surface area contributed by atoms with Gasteiger partial charge in [0.15, 0.2) is 5.78 Å². The Morgan fingerprint density at radius 3 is 2.12 bits per heavy atom. The molecule has 0 unspecified atom stereocenters. The molecular formula is C19H17NO5. The van der Waals surface area contributed by atoms with Crippen molar-refractivity contribution < 1.29 is 24.2 Å². The minimum atomic E-state index is -1.02. The second kappa shape index (κ2) is 6.86. The molecule has 0 bridgehead atoms. The highest BCUT2D eigenvalue weighted by Crippen LogP contribution is 2.22. The predicted molar refractivity (Wildman–Crippen MR) is 89.8 cm³/mol. The lowest BCUT2D eigenvalue weighted by atomic mass is 10.1. The van der Waals surface area contributed by atoms with E-state index in [4.69, 9.17) is 4.74 Å². The lowest BCUT2D eigenvalue weighted by molar-refractivity contribution is 0.0457. The number of rotatable bonds is 6. The first-order valence-corrected chi connectivity index (χ1v) is 7.84. The molecule has 2 aromatic rings. The topological polar surface area (TPSA) is 83.9 Å². The summed E-state index contributed by atoms with van der Waals surface area (Å²) in [6, 6.07) is 13.1. The number of fused-ring (bicyclic) bond motifs is 1. The van der Waals surface area contributed by atoms with Gasteiger partial charge in [0, 0.05) is 5.56 Å². The van der Waals surface area contributed by atoms with Gasteiger partial charge in [0.2, 0.25) is 0 Å². The lowest BCUT2D eigenvalue weighted by Gasteiger charge is -2.18. The van der Waals surface area contributed by atoms with Gasteiger partial charge in [0.1, 0.15) is 18.5 Å². The molecule has 25 heavy (non-hydrogen) atoms. The first kappa shape index (κ1) is 16.9. The number of ketones is 1. The third kappa shape index (κ3) is 3.44. The third-order valence-corrected chi connectivity index (χ3v) is 3.97. The molecule has 6 heteroatoms. The van der Waals surface area contributed by atoms with E-state index in [0.717, 1.165) is 4.90 Å². The molecule has 3 rings (SSSR count). The second-order valence-electron chi connectivity index (χ2n) is 5.81. The van der Waals surface area contributed by atoms with Crippen molar-refractivity contribution in [1.82, 2.24) is 4.90 Å². The molecule has 128 valence electrons. The zero-order chi connectivity index (χ0) is 18.0. The van der Waals surface area contributed by atoms with Crippen molar-refractivity contribution in [2.24, 2.45) is 0 Å². The first-order valence-electron chi connectivity index (χ1n) is 7.84. The van der Waals surface area contributed by atoms with Gasteiger partial charge in [-0.2, -0.15) is 0 Å². The van der Waals surface area contributed by atoms with Crippen LogP contribution < -0.4 is 4.74 Å². The highest BCUT2D eigenvalue weighted by atomic mass is 16.5. The highest BCUT2D eigenvalue weighted by Gasteiger charge is 2.36. The SMILES string of the molecule is CC(=O)c1ccc(OC[C@@H](O)CN2C(=O)c3ccccc3C2=O)cc1. The van der Waals surface area contributed by atoms with Crippen LogP contribution in [0.4, 0.5) is 0 Å². The van der Waals surface area contributed by atoms with Crippen LogP contribution in [0.15, 0.2) is 48.5 Å². The fraction of sp³-hybridized carbons (Fsp3) is 0.211. The molecule has 0 saturated heterocycles. The Balaban J connectivity index is 1.58. The van der Waals surface area contributed by atoms with E-state index in [-0.39, 0.29) is 18.9 Å². The van der Waals surface area contributed by atoms with Crippen LogP contribution in [0.2, 0.25) is 0 Å². The molecule has 1 atom stereocenters. The molecule has 0 aliphatic carbocycles. The number of aliphatic hydroxyl groups is 1.